The molecule has 0 saturated heterocycles. The number of carboxylic acids is 1. The van der Waals surface area contributed by atoms with E-state index >= 15 is 0 Å². The Morgan fingerprint density at radius 1 is 1.14 bits per heavy atom. The van der Waals surface area contributed by atoms with Crippen molar-refractivity contribution in [3.63, 3.8) is 0 Å². The summed E-state index contributed by atoms with van der Waals surface area (Å²) in [6, 6.07) is 7.02. The Morgan fingerprint density at radius 3 is 2.77 bits per heavy atom. The van der Waals surface area contributed by atoms with Gasteiger partial charge in [0.2, 0.25) is 0 Å². The lowest BCUT2D eigenvalue weighted by atomic mass is 9.84. The summed E-state index contributed by atoms with van der Waals surface area (Å²) < 4.78 is 0. The van der Waals surface area contributed by atoms with Gasteiger partial charge in [-0.2, -0.15) is 0 Å². The maximum absolute atomic E-state index is 12.4. The first-order valence-corrected chi connectivity index (χ1v) is 7.52. The van der Waals surface area contributed by atoms with E-state index in [1.165, 1.54) is 0 Å². The van der Waals surface area contributed by atoms with E-state index in [4.69, 9.17) is 0 Å². The molecule has 1 aliphatic carbocycles. The molecule has 2 N–H and O–H groups in total. The number of benzene rings is 1. The minimum atomic E-state index is -0.826. The highest BCUT2D eigenvalue weighted by molar-refractivity contribution is 5.98. The zero-order chi connectivity index (χ0) is 15.5. The van der Waals surface area contributed by atoms with Crippen LogP contribution in [-0.2, 0) is 4.79 Å². The first-order chi connectivity index (χ1) is 10.6. The minimum absolute atomic E-state index is 0.219. The Labute approximate surface area is 128 Å². The van der Waals surface area contributed by atoms with Crippen LogP contribution in [0, 0.1) is 5.92 Å². The van der Waals surface area contributed by atoms with Crippen LogP contribution >= 0.6 is 0 Å². The quantitative estimate of drug-likeness (QED) is 0.913. The SMILES string of the molecule is O=C(NC1CCCCC1C(=O)O)c1ccc2ccncc2c1. The lowest BCUT2D eigenvalue weighted by Gasteiger charge is -2.29. The maximum Gasteiger partial charge on any atom is 0.308 e. The fraction of sp³-hybridized carbons (Fsp3) is 0.353. The number of carboxylic acid groups (broad SMARTS) is 1. The van der Waals surface area contributed by atoms with Crippen LogP contribution in [0.1, 0.15) is 36.0 Å². The second-order valence-corrected chi connectivity index (χ2v) is 5.75. The van der Waals surface area contributed by atoms with E-state index in [1.54, 1.807) is 24.5 Å². The molecular weight excluding hydrogens is 280 g/mol. The maximum atomic E-state index is 12.4. The number of nitrogens with one attached hydrogen (secondary N) is 1. The molecule has 3 rings (SSSR count). The van der Waals surface area contributed by atoms with Crippen molar-refractivity contribution >= 4 is 22.6 Å². The lowest BCUT2D eigenvalue weighted by Crippen LogP contribution is -2.45. The molecular formula is C17H18N2O3. The van der Waals surface area contributed by atoms with Crippen LogP contribution in [0.25, 0.3) is 10.8 Å². The zero-order valence-electron chi connectivity index (χ0n) is 12.2. The smallest absolute Gasteiger partial charge is 0.308 e. The van der Waals surface area contributed by atoms with Gasteiger partial charge in [0.05, 0.1) is 5.92 Å². The molecule has 1 aromatic heterocycles. The van der Waals surface area contributed by atoms with Crippen LogP contribution in [0.4, 0.5) is 0 Å². The van der Waals surface area contributed by atoms with Crippen LogP contribution in [0.3, 0.4) is 0 Å². The van der Waals surface area contributed by atoms with Crippen molar-refractivity contribution in [2.45, 2.75) is 31.7 Å². The van der Waals surface area contributed by atoms with Gasteiger partial charge in [-0.1, -0.05) is 18.9 Å². The van der Waals surface area contributed by atoms with Crippen molar-refractivity contribution in [3.8, 4) is 0 Å². The molecule has 1 saturated carbocycles. The Balaban J connectivity index is 1.78. The number of hydrogen-bond donors (Lipinski definition) is 2. The van der Waals surface area contributed by atoms with Gasteiger partial charge >= 0.3 is 5.97 Å². The highest BCUT2D eigenvalue weighted by Crippen LogP contribution is 2.25. The largest absolute Gasteiger partial charge is 0.481 e. The van der Waals surface area contributed by atoms with Crippen LogP contribution in [0.2, 0.25) is 0 Å². The van der Waals surface area contributed by atoms with Gasteiger partial charge in [-0.25, -0.2) is 0 Å². The van der Waals surface area contributed by atoms with Crippen molar-refractivity contribution < 1.29 is 14.7 Å². The molecule has 1 fully saturated rings. The van der Waals surface area contributed by atoms with Crippen molar-refractivity contribution in [1.29, 1.82) is 0 Å². The molecule has 2 unspecified atom stereocenters. The van der Waals surface area contributed by atoms with E-state index in [0.29, 0.717) is 12.0 Å². The fourth-order valence-electron chi connectivity index (χ4n) is 3.08. The van der Waals surface area contributed by atoms with Gasteiger partial charge in [0, 0.05) is 29.4 Å². The van der Waals surface area contributed by atoms with Gasteiger partial charge < -0.3 is 10.4 Å². The van der Waals surface area contributed by atoms with Crippen molar-refractivity contribution in [2.75, 3.05) is 0 Å². The average Bonchev–Trinajstić information content (AvgIpc) is 2.54. The Kier molecular flexibility index (Phi) is 4.04. The predicted octanol–water partition coefficient (Wildman–Crippen LogP) is 2.61. The third-order valence-electron chi connectivity index (χ3n) is 4.30. The molecule has 1 aliphatic rings. The van der Waals surface area contributed by atoms with Crippen molar-refractivity contribution in [1.82, 2.24) is 10.3 Å². The van der Waals surface area contributed by atoms with E-state index in [2.05, 4.69) is 10.3 Å². The summed E-state index contributed by atoms with van der Waals surface area (Å²) in [4.78, 5) is 27.8. The summed E-state index contributed by atoms with van der Waals surface area (Å²) >= 11 is 0. The molecule has 0 bridgehead atoms. The van der Waals surface area contributed by atoms with E-state index in [0.717, 1.165) is 30.0 Å². The number of pyridine rings is 1. The number of fused-ring (bicyclic) bond motifs is 1. The summed E-state index contributed by atoms with van der Waals surface area (Å²) in [6.07, 6.45) is 6.63. The summed E-state index contributed by atoms with van der Waals surface area (Å²) in [6.45, 7) is 0. The highest BCUT2D eigenvalue weighted by Gasteiger charge is 2.31. The highest BCUT2D eigenvalue weighted by atomic mass is 16.4. The number of aliphatic carboxylic acids is 1. The number of carbonyl (C=O) groups is 2. The molecule has 1 aromatic carbocycles. The summed E-state index contributed by atoms with van der Waals surface area (Å²) in [7, 11) is 0. The topological polar surface area (TPSA) is 79.3 Å². The van der Waals surface area contributed by atoms with Crippen molar-refractivity contribution in [3.05, 3.63) is 42.2 Å². The zero-order valence-corrected chi connectivity index (χ0v) is 12.2. The molecule has 2 aromatic rings. The molecule has 2 atom stereocenters. The number of hydrogen-bond acceptors (Lipinski definition) is 3. The minimum Gasteiger partial charge on any atom is -0.481 e. The monoisotopic (exact) mass is 298 g/mol. The van der Waals surface area contributed by atoms with Gasteiger partial charge in [-0.05, 0) is 36.4 Å². The summed E-state index contributed by atoms with van der Waals surface area (Å²) in [5, 5.41) is 14.1. The van der Waals surface area contributed by atoms with Gasteiger partial charge in [0.25, 0.3) is 5.91 Å². The molecule has 0 aliphatic heterocycles. The molecule has 5 heteroatoms. The van der Waals surface area contributed by atoms with Crippen LogP contribution in [0.15, 0.2) is 36.7 Å². The molecule has 0 spiro atoms. The van der Waals surface area contributed by atoms with E-state index in [-0.39, 0.29) is 11.9 Å². The first-order valence-electron chi connectivity index (χ1n) is 7.52. The second-order valence-electron chi connectivity index (χ2n) is 5.75. The average molecular weight is 298 g/mol. The first kappa shape index (κ1) is 14.5. The molecule has 1 heterocycles. The van der Waals surface area contributed by atoms with E-state index in [1.807, 2.05) is 12.1 Å². The van der Waals surface area contributed by atoms with Crippen molar-refractivity contribution in [2.24, 2.45) is 5.92 Å². The summed E-state index contributed by atoms with van der Waals surface area (Å²) in [5.74, 6) is -1.53. The predicted molar refractivity (Wildman–Crippen MR) is 82.6 cm³/mol. The second kappa shape index (κ2) is 6.13. The summed E-state index contributed by atoms with van der Waals surface area (Å²) in [5.41, 5.74) is 0.537. The van der Waals surface area contributed by atoms with E-state index in [9.17, 15) is 14.7 Å². The number of rotatable bonds is 3. The Hall–Kier alpha value is -2.43. The van der Waals surface area contributed by atoms with E-state index < -0.39 is 11.9 Å². The number of aromatic nitrogens is 1. The molecule has 1 amide bonds. The van der Waals surface area contributed by atoms with Crippen LogP contribution in [-0.4, -0.2) is 28.0 Å². The van der Waals surface area contributed by atoms with Gasteiger partial charge in [-0.15, -0.1) is 0 Å². The molecule has 114 valence electrons. The molecule has 5 nitrogen and oxygen atoms in total. The van der Waals surface area contributed by atoms with Gasteiger partial charge in [-0.3, -0.25) is 14.6 Å². The van der Waals surface area contributed by atoms with Gasteiger partial charge in [0.1, 0.15) is 0 Å². The number of amides is 1. The normalized spacial score (nSPS) is 21.5. The fourth-order valence-corrected chi connectivity index (χ4v) is 3.08. The number of nitrogens with zero attached hydrogens (tertiary/aromatic N) is 1. The molecule has 22 heavy (non-hydrogen) atoms. The van der Waals surface area contributed by atoms with Gasteiger partial charge in [0.15, 0.2) is 0 Å². The third kappa shape index (κ3) is 2.93. The Morgan fingerprint density at radius 2 is 1.95 bits per heavy atom. The standard InChI is InChI=1S/C17H18N2O3/c20-16(19-15-4-2-1-3-14(15)17(21)22)12-6-5-11-7-8-18-10-13(11)9-12/h5-10,14-15H,1-4H2,(H,19,20)(H,21,22). The number of carbonyl (C=O) groups excluding carboxylic acids is 1. The van der Waals surface area contributed by atoms with Crippen LogP contribution in [0.5, 0.6) is 0 Å². The Bertz CT molecular complexity index is 714. The van der Waals surface area contributed by atoms with Crippen LogP contribution < -0.4 is 5.32 Å². The molecule has 0 radical (unpaired) electrons. The lowest BCUT2D eigenvalue weighted by molar-refractivity contribution is -0.143. The third-order valence-corrected chi connectivity index (χ3v) is 4.30.